The molecule has 45 heavy (non-hydrogen) atoms. The van der Waals surface area contributed by atoms with Gasteiger partial charge in [0.2, 0.25) is 0 Å². The van der Waals surface area contributed by atoms with Gasteiger partial charge in [0.15, 0.2) is 6.29 Å². The highest BCUT2D eigenvalue weighted by atomic mass is 19.4. The summed E-state index contributed by atoms with van der Waals surface area (Å²) in [5.41, 5.74) is 0.117. The Kier molecular flexibility index (Phi) is 10.4. The highest BCUT2D eigenvalue weighted by molar-refractivity contribution is 5.65. The van der Waals surface area contributed by atoms with Crippen LogP contribution in [-0.2, 0) is 15.7 Å². The van der Waals surface area contributed by atoms with Crippen molar-refractivity contribution in [1.82, 2.24) is 0 Å². The zero-order valence-corrected chi connectivity index (χ0v) is 25.0. The zero-order valence-electron chi connectivity index (χ0n) is 25.0. The van der Waals surface area contributed by atoms with Gasteiger partial charge in [0.05, 0.1) is 24.7 Å². The van der Waals surface area contributed by atoms with Gasteiger partial charge in [-0.1, -0.05) is 56.5 Å². The van der Waals surface area contributed by atoms with Crippen molar-refractivity contribution in [3.8, 4) is 16.9 Å². The molecule has 0 unspecified atom stereocenters. The summed E-state index contributed by atoms with van der Waals surface area (Å²) in [7, 11) is 0. The van der Waals surface area contributed by atoms with Crippen molar-refractivity contribution in [3.05, 3.63) is 89.0 Å². The Bertz CT molecular complexity index is 1410. The molecular formula is C35H37F7O3. The summed E-state index contributed by atoms with van der Waals surface area (Å²) in [6.45, 7) is 3.53. The van der Waals surface area contributed by atoms with E-state index in [0.29, 0.717) is 44.1 Å². The second kappa shape index (κ2) is 14.1. The van der Waals surface area contributed by atoms with E-state index in [2.05, 4.69) is 6.92 Å². The van der Waals surface area contributed by atoms with Gasteiger partial charge < -0.3 is 14.2 Å². The van der Waals surface area contributed by atoms with Gasteiger partial charge in [0.25, 0.3) is 0 Å². The average Bonchev–Trinajstić information content (AvgIpc) is 3.01. The number of rotatable bonds is 10. The van der Waals surface area contributed by atoms with Crippen LogP contribution in [0.15, 0.2) is 60.7 Å². The van der Waals surface area contributed by atoms with E-state index in [0.717, 1.165) is 41.8 Å². The first-order valence-electron chi connectivity index (χ1n) is 15.5. The molecule has 1 saturated carbocycles. The lowest BCUT2D eigenvalue weighted by molar-refractivity contribution is -0.222. The lowest BCUT2D eigenvalue weighted by atomic mass is 9.78. The van der Waals surface area contributed by atoms with Crippen molar-refractivity contribution in [2.24, 2.45) is 11.8 Å². The molecule has 1 saturated heterocycles. The second-order valence-electron chi connectivity index (χ2n) is 12.1. The van der Waals surface area contributed by atoms with E-state index in [4.69, 9.17) is 14.2 Å². The maximum Gasteiger partial charge on any atom is 0.419 e. The van der Waals surface area contributed by atoms with Gasteiger partial charge in [-0.15, -0.1) is 0 Å². The minimum absolute atomic E-state index is 0.114. The van der Waals surface area contributed by atoms with Crippen molar-refractivity contribution >= 4 is 0 Å². The first-order chi connectivity index (χ1) is 21.4. The van der Waals surface area contributed by atoms with E-state index < -0.39 is 47.4 Å². The molecule has 0 N–H and O–H groups in total. The van der Waals surface area contributed by atoms with E-state index in [1.54, 1.807) is 0 Å². The van der Waals surface area contributed by atoms with E-state index in [1.165, 1.54) is 19.3 Å². The van der Waals surface area contributed by atoms with E-state index in [9.17, 15) is 22.0 Å². The first kappa shape index (κ1) is 33.3. The molecule has 2 fully saturated rings. The molecule has 10 heteroatoms. The summed E-state index contributed by atoms with van der Waals surface area (Å²) in [6, 6.07) is 12.9. The molecule has 5 rings (SSSR count). The molecule has 1 aliphatic carbocycles. The molecule has 3 nitrogen and oxygen atoms in total. The largest absolute Gasteiger partial charge is 0.432 e. The van der Waals surface area contributed by atoms with Crippen LogP contribution in [0, 0.1) is 23.5 Å². The summed E-state index contributed by atoms with van der Waals surface area (Å²) in [6.07, 6.45) is -2.71. The van der Waals surface area contributed by atoms with Crippen LogP contribution in [0.3, 0.4) is 0 Å². The summed E-state index contributed by atoms with van der Waals surface area (Å²) in [4.78, 5) is 0. The predicted molar refractivity (Wildman–Crippen MR) is 156 cm³/mol. The lowest BCUT2D eigenvalue weighted by Gasteiger charge is -2.33. The molecule has 0 radical (unpaired) electrons. The minimum atomic E-state index is -4.90. The Morgan fingerprint density at radius 2 is 1.42 bits per heavy atom. The summed E-state index contributed by atoms with van der Waals surface area (Å²) >= 11 is 0. The maximum atomic E-state index is 15.1. The third-order valence-corrected chi connectivity index (χ3v) is 8.84. The Morgan fingerprint density at radius 1 is 0.756 bits per heavy atom. The van der Waals surface area contributed by atoms with Gasteiger partial charge in [-0.2, -0.15) is 22.0 Å². The number of hydrogen-bond donors (Lipinski definition) is 0. The molecule has 0 amide bonds. The van der Waals surface area contributed by atoms with E-state index >= 15 is 8.78 Å². The van der Waals surface area contributed by atoms with Crippen molar-refractivity contribution < 1.29 is 44.9 Å². The lowest BCUT2D eigenvalue weighted by Crippen LogP contribution is -2.37. The highest BCUT2D eigenvalue weighted by Crippen LogP contribution is 2.44. The number of halogens is 7. The highest BCUT2D eigenvalue weighted by Gasteiger charge is 2.44. The number of unbranched alkanes of at least 4 members (excludes halogenated alkanes) is 2. The molecule has 1 aliphatic heterocycles. The van der Waals surface area contributed by atoms with Gasteiger partial charge in [0, 0.05) is 23.1 Å². The van der Waals surface area contributed by atoms with Gasteiger partial charge in [-0.05, 0) is 73.4 Å². The third kappa shape index (κ3) is 8.19. The van der Waals surface area contributed by atoms with Crippen molar-refractivity contribution in [2.45, 2.75) is 82.8 Å². The molecule has 3 aromatic carbocycles. The molecular weight excluding hydrogens is 601 g/mol. The third-order valence-electron chi connectivity index (χ3n) is 8.84. The van der Waals surface area contributed by atoms with Gasteiger partial charge in [-0.25, -0.2) is 8.78 Å². The first-order valence-corrected chi connectivity index (χ1v) is 15.5. The smallest absolute Gasteiger partial charge is 0.419 e. The SMILES string of the molecule is CCCCCC1COC(c2ccc(C3CCC(C(F)(F)Oc4ccc(-c5ccc(C(F)(F)F)c(F)c5)c(F)c4)CC3)cc2)OC1. The van der Waals surface area contributed by atoms with Crippen molar-refractivity contribution in [3.63, 3.8) is 0 Å². The molecule has 0 spiro atoms. The van der Waals surface area contributed by atoms with Gasteiger partial charge in [0.1, 0.15) is 17.4 Å². The van der Waals surface area contributed by atoms with Crippen molar-refractivity contribution in [2.75, 3.05) is 13.2 Å². The van der Waals surface area contributed by atoms with Crippen LogP contribution in [-0.4, -0.2) is 19.3 Å². The monoisotopic (exact) mass is 638 g/mol. The topological polar surface area (TPSA) is 27.7 Å². The molecule has 1 heterocycles. The zero-order chi connectivity index (χ0) is 32.2. The quantitative estimate of drug-likeness (QED) is 0.163. The number of ether oxygens (including phenoxy) is 3. The molecule has 244 valence electrons. The van der Waals surface area contributed by atoms with Gasteiger partial charge in [-0.3, -0.25) is 0 Å². The minimum Gasteiger partial charge on any atom is -0.432 e. The maximum absolute atomic E-state index is 15.1. The standard InChI is InChI=1S/C35H37F7O3/c1-2-3-4-5-22-20-43-33(44-21-22)25-8-6-23(7-9-25)24-10-13-27(14-11-24)35(41,42)45-28-15-16-29(31(36)19-28)26-12-17-30(32(37)18-26)34(38,39)40/h6-9,12,15-19,22,24,27,33H,2-5,10-11,13-14,20-21H2,1H3. The molecule has 2 aliphatic rings. The molecule has 0 aromatic heterocycles. The summed E-state index contributed by atoms with van der Waals surface area (Å²) in [5.74, 6) is -3.55. The van der Waals surface area contributed by atoms with Crippen LogP contribution < -0.4 is 4.74 Å². The number of hydrogen-bond acceptors (Lipinski definition) is 3. The molecule has 0 atom stereocenters. The Hall–Kier alpha value is -3.11. The van der Waals surface area contributed by atoms with E-state index in [1.807, 2.05) is 24.3 Å². The van der Waals surface area contributed by atoms with Crippen LogP contribution in [0.2, 0.25) is 0 Å². The summed E-state index contributed by atoms with van der Waals surface area (Å²) in [5, 5.41) is 0. The van der Waals surface area contributed by atoms with Crippen LogP contribution >= 0.6 is 0 Å². The average molecular weight is 639 g/mol. The summed E-state index contributed by atoms with van der Waals surface area (Å²) < 4.78 is 114. The normalized spacial score (nSPS) is 22.8. The Balaban J connectivity index is 1.13. The Labute approximate surface area is 258 Å². The Morgan fingerprint density at radius 3 is 2.02 bits per heavy atom. The van der Waals surface area contributed by atoms with Crippen LogP contribution in [0.5, 0.6) is 5.75 Å². The fourth-order valence-corrected chi connectivity index (χ4v) is 6.22. The fourth-order valence-electron chi connectivity index (χ4n) is 6.22. The fraction of sp³-hybridized carbons (Fsp3) is 0.486. The second-order valence-corrected chi connectivity index (χ2v) is 12.1. The number of benzene rings is 3. The predicted octanol–water partition coefficient (Wildman–Crippen LogP) is 10.8. The molecule has 0 bridgehead atoms. The van der Waals surface area contributed by atoms with Crippen LogP contribution in [0.25, 0.3) is 11.1 Å². The van der Waals surface area contributed by atoms with Crippen LogP contribution in [0.4, 0.5) is 30.7 Å². The number of alkyl halides is 5. The van der Waals surface area contributed by atoms with E-state index in [-0.39, 0.29) is 29.9 Å². The molecule has 3 aromatic rings. The van der Waals surface area contributed by atoms with Crippen molar-refractivity contribution in [1.29, 1.82) is 0 Å². The van der Waals surface area contributed by atoms with Gasteiger partial charge >= 0.3 is 12.3 Å². The van der Waals surface area contributed by atoms with Crippen LogP contribution in [0.1, 0.15) is 87.2 Å².